The van der Waals surface area contributed by atoms with Crippen LogP contribution in [0.15, 0.2) is 38.3 Å². The van der Waals surface area contributed by atoms with Crippen LogP contribution in [0.1, 0.15) is 9.67 Å². The molecule has 0 atom stereocenters. The van der Waals surface area contributed by atoms with Gasteiger partial charge in [0, 0.05) is 6.07 Å². The summed E-state index contributed by atoms with van der Waals surface area (Å²) in [5, 5.41) is 19.9. The van der Waals surface area contributed by atoms with Gasteiger partial charge in [-0.1, -0.05) is 0 Å². The number of carboxylic acid groups (broad SMARTS) is 1. The summed E-state index contributed by atoms with van der Waals surface area (Å²) in [5.74, 6) is -1.24. The van der Waals surface area contributed by atoms with Crippen molar-refractivity contribution in [2.24, 2.45) is 0 Å². The lowest BCUT2D eigenvalue weighted by atomic mass is 10.3. The average molecular weight is 374 g/mol. The van der Waals surface area contributed by atoms with Crippen molar-refractivity contribution < 1.29 is 23.2 Å². The smallest absolute Gasteiger partial charge is 0.345 e. The second kappa shape index (κ2) is 6.18. The molecule has 2 aromatic rings. The molecule has 0 spiro atoms. The molecule has 3 N–H and O–H groups in total. The third-order valence-corrected chi connectivity index (χ3v) is 7.15. The van der Waals surface area contributed by atoms with Gasteiger partial charge in [0.15, 0.2) is 0 Å². The molecule has 0 fully saturated rings. The van der Waals surface area contributed by atoms with E-state index in [9.17, 15) is 23.3 Å². The maximum Gasteiger partial charge on any atom is 0.345 e. The lowest BCUT2D eigenvalue weighted by Gasteiger charge is -2.05. The molecule has 0 saturated heterocycles. The summed E-state index contributed by atoms with van der Waals surface area (Å²) in [4.78, 5) is 20.5. The van der Waals surface area contributed by atoms with E-state index in [1.54, 1.807) is 6.26 Å². The van der Waals surface area contributed by atoms with E-state index in [0.717, 1.165) is 47.4 Å². The first-order valence-corrected chi connectivity index (χ1v) is 9.41. The highest BCUT2D eigenvalue weighted by Gasteiger charge is 2.28. The highest BCUT2D eigenvalue weighted by molar-refractivity contribution is 8.01. The molecule has 0 unspecified atom stereocenters. The van der Waals surface area contributed by atoms with Crippen LogP contribution in [-0.4, -0.2) is 30.7 Å². The highest BCUT2D eigenvalue weighted by Crippen LogP contribution is 2.38. The third-order valence-electron chi connectivity index (χ3n) is 2.86. The average Bonchev–Trinajstić information content (AvgIpc) is 2.92. The van der Waals surface area contributed by atoms with Gasteiger partial charge in [-0.15, -0.1) is 23.1 Å². The first-order chi connectivity index (χ1) is 10.7. The van der Waals surface area contributed by atoms with Gasteiger partial charge >= 0.3 is 5.97 Å². The number of nitrogens with zero attached hydrogens (tertiary/aromatic N) is 1. The summed E-state index contributed by atoms with van der Waals surface area (Å²) in [7, 11) is -4.10. The molecule has 0 bridgehead atoms. The van der Waals surface area contributed by atoms with Gasteiger partial charge in [0.25, 0.3) is 5.69 Å². The van der Waals surface area contributed by atoms with E-state index in [-0.39, 0.29) is 20.4 Å². The SMILES string of the molecule is CSc1sc(C(=O)O)cc1S(=O)(=O)c1ccc(N)c([N+](=O)[O-])c1. The van der Waals surface area contributed by atoms with Gasteiger partial charge in [-0.25, -0.2) is 13.2 Å². The van der Waals surface area contributed by atoms with Crippen LogP contribution >= 0.6 is 23.1 Å². The number of nitrogens with two attached hydrogens (primary N) is 1. The van der Waals surface area contributed by atoms with Crippen molar-refractivity contribution in [3.63, 3.8) is 0 Å². The lowest BCUT2D eigenvalue weighted by molar-refractivity contribution is -0.384. The number of nitrogen functional groups attached to an aromatic ring is 1. The minimum Gasteiger partial charge on any atom is -0.477 e. The fourth-order valence-corrected chi connectivity index (χ4v) is 5.62. The zero-order valence-corrected chi connectivity index (χ0v) is 14.0. The summed E-state index contributed by atoms with van der Waals surface area (Å²) in [6, 6.07) is 4.21. The van der Waals surface area contributed by atoms with E-state index in [1.165, 1.54) is 0 Å². The molecule has 1 heterocycles. The summed E-state index contributed by atoms with van der Waals surface area (Å²) in [6.07, 6.45) is 1.61. The number of anilines is 1. The maximum absolute atomic E-state index is 12.7. The topological polar surface area (TPSA) is 141 Å². The number of hydrogen-bond donors (Lipinski definition) is 2. The molecule has 11 heteroatoms. The third kappa shape index (κ3) is 3.16. The van der Waals surface area contributed by atoms with Crippen LogP contribution in [0.4, 0.5) is 11.4 Å². The molecule has 0 aliphatic rings. The second-order valence-corrected chi connectivity index (χ2v) is 8.30. The monoisotopic (exact) mass is 374 g/mol. The molecule has 8 nitrogen and oxygen atoms in total. The number of thiophene rings is 1. The fraction of sp³-hybridized carbons (Fsp3) is 0.0833. The van der Waals surface area contributed by atoms with Crippen molar-refractivity contribution in [2.75, 3.05) is 12.0 Å². The van der Waals surface area contributed by atoms with E-state index in [1.807, 2.05) is 0 Å². The minimum absolute atomic E-state index is 0.127. The molecule has 2 rings (SSSR count). The van der Waals surface area contributed by atoms with Crippen LogP contribution in [0.5, 0.6) is 0 Å². The number of carbonyl (C=O) groups is 1. The van der Waals surface area contributed by atoms with Gasteiger partial charge in [-0.2, -0.15) is 0 Å². The Morgan fingerprint density at radius 3 is 2.57 bits per heavy atom. The van der Waals surface area contributed by atoms with Crippen molar-refractivity contribution in [3.8, 4) is 0 Å². The standard InChI is InChI=1S/C12H10N2O6S3/c1-21-12-10(5-9(22-12)11(15)16)23(19,20)6-2-3-7(13)8(4-6)14(17)18/h2-5H,13H2,1H3,(H,15,16). The number of aromatic carboxylic acids is 1. The largest absolute Gasteiger partial charge is 0.477 e. The Morgan fingerprint density at radius 2 is 2.04 bits per heavy atom. The Balaban J connectivity index is 2.66. The number of hydrogen-bond acceptors (Lipinski definition) is 8. The Kier molecular flexibility index (Phi) is 4.63. The van der Waals surface area contributed by atoms with Crippen LogP contribution in [-0.2, 0) is 9.84 Å². The molecule has 0 aliphatic heterocycles. The molecule has 122 valence electrons. The summed E-state index contributed by atoms with van der Waals surface area (Å²) >= 11 is 1.91. The van der Waals surface area contributed by atoms with Gasteiger partial charge in [-0.3, -0.25) is 10.1 Å². The Labute approximate surface area is 139 Å². The zero-order valence-electron chi connectivity index (χ0n) is 11.5. The van der Waals surface area contributed by atoms with Crippen molar-refractivity contribution >= 4 is 50.3 Å². The van der Waals surface area contributed by atoms with Crippen LogP contribution in [0, 0.1) is 10.1 Å². The molecule has 23 heavy (non-hydrogen) atoms. The van der Waals surface area contributed by atoms with Gasteiger partial charge in [-0.05, 0) is 24.5 Å². The molecular formula is C12H10N2O6S3. The van der Waals surface area contributed by atoms with E-state index < -0.39 is 26.4 Å². The van der Waals surface area contributed by atoms with E-state index in [2.05, 4.69) is 0 Å². The van der Waals surface area contributed by atoms with Crippen LogP contribution in [0.3, 0.4) is 0 Å². The van der Waals surface area contributed by atoms with Crippen LogP contribution in [0.25, 0.3) is 0 Å². The normalized spacial score (nSPS) is 11.3. The summed E-state index contributed by atoms with van der Waals surface area (Å²) in [6.45, 7) is 0. The predicted octanol–water partition coefficient (Wildman–Crippen LogP) is 2.49. The molecule has 1 aromatic heterocycles. The second-order valence-electron chi connectivity index (χ2n) is 4.25. The van der Waals surface area contributed by atoms with E-state index >= 15 is 0 Å². The quantitative estimate of drug-likeness (QED) is 0.352. The molecule has 0 radical (unpaired) electrons. The maximum atomic E-state index is 12.7. The first kappa shape index (κ1) is 17.2. The summed E-state index contributed by atoms with van der Waals surface area (Å²) < 4.78 is 25.6. The number of rotatable bonds is 5. The Bertz CT molecular complexity index is 904. The van der Waals surface area contributed by atoms with Crippen LogP contribution < -0.4 is 5.73 Å². The number of carboxylic acids is 1. The lowest BCUT2D eigenvalue weighted by Crippen LogP contribution is -2.04. The number of sulfone groups is 1. The number of nitro groups is 1. The Morgan fingerprint density at radius 1 is 1.39 bits per heavy atom. The van der Waals surface area contributed by atoms with Crippen molar-refractivity contribution in [1.82, 2.24) is 0 Å². The zero-order chi connectivity index (χ0) is 17.4. The predicted molar refractivity (Wildman–Crippen MR) is 86.0 cm³/mol. The van der Waals surface area contributed by atoms with Gasteiger partial charge in [0.2, 0.25) is 9.84 Å². The van der Waals surface area contributed by atoms with Crippen molar-refractivity contribution in [3.05, 3.63) is 39.3 Å². The molecule has 0 amide bonds. The molecule has 0 aliphatic carbocycles. The highest BCUT2D eigenvalue weighted by atomic mass is 32.2. The molecular weight excluding hydrogens is 364 g/mol. The van der Waals surface area contributed by atoms with Gasteiger partial charge in [0.05, 0.1) is 18.9 Å². The molecule has 0 saturated carbocycles. The number of thioether (sulfide) groups is 1. The fourth-order valence-electron chi connectivity index (χ4n) is 1.77. The summed E-state index contributed by atoms with van der Waals surface area (Å²) in [5.41, 5.74) is 4.78. The van der Waals surface area contributed by atoms with Gasteiger partial charge in [0.1, 0.15) is 10.6 Å². The number of nitro benzene ring substituents is 1. The minimum atomic E-state index is -4.10. The van der Waals surface area contributed by atoms with Crippen LogP contribution in [0.2, 0.25) is 0 Å². The van der Waals surface area contributed by atoms with E-state index in [0.29, 0.717) is 4.21 Å². The number of benzene rings is 1. The van der Waals surface area contributed by atoms with Crippen molar-refractivity contribution in [1.29, 1.82) is 0 Å². The first-order valence-electron chi connectivity index (χ1n) is 5.88. The Hall–Kier alpha value is -2.11. The van der Waals surface area contributed by atoms with Crippen molar-refractivity contribution in [2.45, 2.75) is 14.0 Å². The van der Waals surface area contributed by atoms with Gasteiger partial charge < -0.3 is 10.8 Å². The molecule has 1 aromatic carbocycles. The van der Waals surface area contributed by atoms with E-state index in [4.69, 9.17) is 10.8 Å².